The summed E-state index contributed by atoms with van der Waals surface area (Å²) in [5, 5.41) is 9.63. The fraction of sp³-hybridized carbons (Fsp3) is 0.0833. The van der Waals surface area contributed by atoms with E-state index in [2.05, 4.69) is 20.9 Å². The molecule has 0 fully saturated rings. The molecule has 0 saturated heterocycles. The van der Waals surface area contributed by atoms with Crippen molar-refractivity contribution in [3.8, 4) is 11.6 Å². The maximum atomic E-state index is 9.15. The van der Waals surface area contributed by atoms with Crippen molar-refractivity contribution in [3.05, 3.63) is 51.6 Å². The summed E-state index contributed by atoms with van der Waals surface area (Å²) in [6, 6.07) is 8.78. The van der Waals surface area contributed by atoms with Crippen molar-refractivity contribution < 1.29 is 9.84 Å². The first-order valence-electron chi connectivity index (χ1n) is 4.88. The third-order valence-electron chi connectivity index (χ3n) is 2.12. The van der Waals surface area contributed by atoms with Crippen LogP contribution in [0.1, 0.15) is 5.56 Å². The molecule has 0 spiro atoms. The van der Waals surface area contributed by atoms with E-state index in [0.717, 1.165) is 4.47 Å². The minimum Gasteiger partial charge on any atom is -0.437 e. The SMILES string of the molecule is OCc1cccnc1Oc1ccc(Br)cc1Cl. The molecule has 88 valence electrons. The van der Waals surface area contributed by atoms with Gasteiger partial charge in [-0.1, -0.05) is 27.5 Å². The van der Waals surface area contributed by atoms with E-state index < -0.39 is 0 Å². The second-order valence-corrected chi connectivity index (χ2v) is 4.63. The number of hydrogen-bond donors (Lipinski definition) is 1. The van der Waals surface area contributed by atoms with Crippen LogP contribution < -0.4 is 4.74 Å². The number of aliphatic hydroxyl groups is 1. The molecule has 0 atom stereocenters. The summed E-state index contributed by atoms with van der Waals surface area (Å²) in [4.78, 5) is 4.06. The van der Waals surface area contributed by atoms with Crippen molar-refractivity contribution in [2.24, 2.45) is 0 Å². The van der Waals surface area contributed by atoms with E-state index in [4.69, 9.17) is 21.4 Å². The zero-order valence-electron chi connectivity index (χ0n) is 8.73. The molecule has 0 unspecified atom stereocenters. The van der Waals surface area contributed by atoms with Gasteiger partial charge in [-0.3, -0.25) is 0 Å². The van der Waals surface area contributed by atoms with Crippen LogP contribution in [-0.4, -0.2) is 10.1 Å². The highest BCUT2D eigenvalue weighted by Crippen LogP contribution is 2.32. The summed E-state index contributed by atoms with van der Waals surface area (Å²) in [5.74, 6) is 0.863. The third kappa shape index (κ3) is 2.97. The molecule has 0 saturated carbocycles. The molecule has 1 N–H and O–H groups in total. The van der Waals surface area contributed by atoms with Crippen molar-refractivity contribution in [2.75, 3.05) is 0 Å². The lowest BCUT2D eigenvalue weighted by Gasteiger charge is -2.09. The van der Waals surface area contributed by atoms with Crippen molar-refractivity contribution in [3.63, 3.8) is 0 Å². The second kappa shape index (κ2) is 5.49. The lowest BCUT2D eigenvalue weighted by Crippen LogP contribution is -1.94. The largest absolute Gasteiger partial charge is 0.437 e. The molecular formula is C12H9BrClNO2. The first kappa shape index (κ1) is 12.4. The zero-order chi connectivity index (χ0) is 12.3. The summed E-state index contributed by atoms with van der Waals surface area (Å²) < 4.78 is 6.44. The molecule has 2 aromatic rings. The monoisotopic (exact) mass is 313 g/mol. The van der Waals surface area contributed by atoms with Gasteiger partial charge in [-0.05, 0) is 30.3 Å². The van der Waals surface area contributed by atoms with Crippen LogP contribution in [-0.2, 0) is 6.61 Å². The van der Waals surface area contributed by atoms with Crippen molar-refractivity contribution in [1.29, 1.82) is 0 Å². The number of halogens is 2. The normalized spacial score (nSPS) is 10.3. The molecule has 0 radical (unpaired) electrons. The van der Waals surface area contributed by atoms with Gasteiger partial charge in [0.05, 0.1) is 11.6 Å². The van der Waals surface area contributed by atoms with E-state index >= 15 is 0 Å². The van der Waals surface area contributed by atoms with E-state index in [1.165, 1.54) is 0 Å². The zero-order valence-corrected chi connectivity index (χ0v) is 11.1. The van der Waals surface area contributed by atoms with Gasteiger partial charge in [-0.25, -0.2) is 4.98 Å². The Hall–Kier alpha value is -1.10. The van der Waals surface area contributed by atoms with Gasteiger partial charge in [0.2, 0.25) is 5.88 Å². The highest BCUT2D eigenvalue weighted by molar-refractivity contribution is 9.10. The van der Waals surface area contributed by atoms with Crippen molar-refractivity contribution in [2.45, 2.75) is 6.61 Å². The quantitative estimate of drug-likeness (QED) is 0.937. The topological polar surface area (TPSA) is 42.4 Å². The van der Waals surface area contributed by atoms with Gasteiger partial charge in [-0.15, -0.1) is 0 Å². The van der Waals surface area contributed by atoms with Crippen LogP contribution in [0.3, 0.4) is 0 Å². The Morgan fingerprint density at radius 2 is 2.18 bits per heavy atom. The molecule has 0 aliphatic rings. The maximum absolute atomic E-state index is 9.15. The van der Waals surface area contributed by atoms with E-state index in [0.29, 0.717) is 22.2 Å². The molecule has 0 amide bonds. The van der Waals surface area contributed by atoms with Gasteiger partial charge in [0.1, 0.15) is 5.75 Å². The minimum atomic E-state index is -0.128. The van der Waals surface area contributed by atoms with Gasteiger partial charge in [0.25, 0.3) is 0 Å². The molecule has 0 bridgehead atoms. The highest BCUT2D eigenvalue weighted by atomic mass is 79.9. The fourth-order valence-electron chi connectivity index (χ4n) is 1.30. The molecule has 0 aliphatic carbocycles. The van der Waals surface area contributed by atoms with Crippen LogP contribution in [0.2, 0.25) is 5.02 Å². The van der Waals surface area contributed by atoms with E-state index in [-0.39, 0.29) is 6.61 Å². The number of aromatic nitrogens is 1. The molecular weight excluding hydrogens is 305 g/mol. The number of pyridine rings is 1. The molecule has 5 heteroatoms. The standard InChI is InChI=1S/C12H9BrClNO2/c13-9-3-4-11(10(14)6-9)17-12-8(7-16)2-1-5-15-12/h1-6,16H,7H2. The van der Waals surface area contributed by atoms with Crippen LogP contribution in [0.5, 0.6) is 11.6 Å². The summed E-state index contributed by atoms with van der Waals surface area (Å²) in [6.07, 6.45) is 1.60. The average Bonchev–Trinajstić information content (AvgIpc) is 2.33. The summed E-state index contributed by atoms with van der Waals surface area (Å²) in [6.45, 7) is -0.128. The van der Waals surface area contributed by atoms with Crippen molar-refractivity contribution in [1.82, 2.24) is 4.98 Å². The van der Waals surface area contributed by atoms with Crippen LogP contribution >= 0.6 is 27.5 Å². The Labute approximate surface area is 112 Å². The number of rotatable bonds is 3. The van der Waals surface area contributed by atoms with Crippen LogP contribution in [0.25, 0.3) is 0 Å². The Bertz CT molecular complexity index is 534. The predicted octanol–water partition coefficient (Wildman–Crippen LogP) is 3.78. The van der Waals surface area contributed by atoms with E-state index in [1.54, 1.807) is 30.5 Å². The maximum Gasteiger partial charge on any atom is 0.224 e. The van der Waals surface area contributed by atoms with Gasteiger partial charge in [-0.2, -0.15) is 0 Å². The van der Waals surface area contributed by atoms with Gasteiger partial charge in [0, 0.05) is 16.2 Å². The number of nitrogens with zero attached hydrogens (tertiary/aromatic N) is 1. The third-order valence-corrected chi connectivity index (χ3v) is 2.91. The Kier molecular flexibility index (Phi) is 3.99. The molecule has 1 heterocycles. The van der Waals surface area contributed by atoms with Crippen molar-refractivity contribution >= 4 is 27.5 Å². The lowest BCUT2D eigenvalue weighted by molar-refractivity contribution is 0.275. The average molecular weight is 315 g/mol. The molecule has 17 heavy (non-hydrogen) atoms. The summed E-state index contributed by atoms with van der Waals surface area (Å²) in [5.41, 5.74) is 0.617. The van der Waals surface area contributed by atoms with Gasteiger partial charge < -0.3 is 9.84 Å². The second-order valence-electron chi connectivity index (χ2n) is 3.30. The fourth-order valence-corrected chi connectivity index (χ4v) is 2.01. The van der Waals surface area contributed by atoms with E-state index in [9.17, 15) is 0 Å². The van der Waals surface area contributed by atoms with Crippen LogP contribution in [0, 0.1) is 0 Å². The molecule has 0 aliphatic heterocycles. The Balaban J connectivity index is 2.31. The highest BCUT2D eigenvalue weighted by Gasteiger charge is 2.08. The first-order chi connectivity index (χ1) is 8.20. The lowest BCUT2D eigenvalue weighted by atomic mass is 10.3. The van der Waals surface area contributed by atoms with Gasteiger partial charge >= 0.3 is 0 Å². The molecule has 2 rings (SSSR count). The molecule has 3 nitrogen and oxygen atoms in total. The smallest absolute Gasteiger partial charge is 0.224 e. The number of hydrogen-bond acceptors (Lipinski definition) is 3. The van der Waals surface area contributed by atoms with Gasteiger partial charge in [0.15, 0.2) is 0 Å². The Morgan fingerprint density at radius 1 is 1.35 bits per heavy atom. The Morgan fingerprint density at radius 3 is 2.88 bits per heavy atom. The van der Waals surface area contributed by atoms with Crippen LogP contribution in [0.15, 0.2) is 41.0 Å². The summed E-state index contributed by atoms with van der Waals surface area (Å²) >= 11 is 9.34. The molecule has 1 aromatic carbocycles. The summed E-state index contributed by atoms with van der Waals surface area (Å²) in [7, 11) is 0. The number of ether oxygens (including phenoxy) is 1. The molecule has 1 aromatic heterocycles. The first-order valence-corrected chi connectivity index (χ1v) is 6.05. The number of benzene rings is 1. The minimum absolute atomic E-state index is 0.128. The predicted molar refractivity (Wildman–Crippen MR) is 69.4 cm³/mol. The number of aliphatic hydroxyl groups excluding tert-OH is 1. The van der Waals surface area contributed by atoms with E-state index in [1.807, 2.05) is 6.07 Å². The van der Waals surface area contributed by atoms with Crippen LogP contribution in [0.4, 0.5) is 0 Å².